The standard InChI is InChI=1S/C22H12N6S/c1-2-5-13(6-3-1)14-8-9-16-19(24-14)21(28-27-16)22-25-15-10-11-23-20(18(15)26-22)17-7-4-12-29-17/h2,4-12H,(H,25,26)(H,27,28). The van der Waals surface area contributed by atoms with Gasteiger partial charge in [-0.3, -0.25) is 10.1 Å². The van der Waals surface area contributed by atoms with Crippen LogP contribution in [0.3, 0.4) is 0 Å². The summed E-state index contributed by atoms with van der Waals surface area (Å²) in [6, 6.07) is 21.5. The van der Waals surface area contributed by atoms with Gasteiger partial charge in [-0.2, -0.15) is 5.10 Å². The number of hydrogen-bond donors (Lipinski definition) is 2. The topological polar surface area (TPSA) is 83.1 Å². The minimum atomic E-state index is 0.662. The van der Waals surface area contributed by atoms with Gasteiger partial charge in [-0.05, 0) is 47.8 Å². The summed E-state index contributed by atoms with van der Waals surface area (Å²) in [5, 5.41) is 9.56. The second-order valence-electron chi connectivity index (χ2n) is 6.50. The summed E-state index contributed by atoms with van der Waals surface area (Å²) in [5.41, 5.74) is 6.73. The maximum absolute atomic E-state index is 4.82. The number of fused-ring (bicyclic) bond motifs is 2. The van der Waals surface area contributed by atoms with Crippen LogP contribution >= 0.6 is 11.3 Å². The molecule has 2 N–H and O–H groups in total. The molecule has 0 aliphatic rings. The second kappa shape index (κ2) is 6.26. The predicted octanol–water partition coefficient (Wildman–Crippen LogP) is 4.89. The lowest BCUT2D eigenvalue weighted by Crippen LogP contribution is -1.86. The van der Waals surface area contributed by atoms with Gasteiger partial charge in [0.1, 0.15) is 16.7 Å². The molecule has 0 spiro atoms. The van der Waals surface area contributed by atoms with E-state index in [2.05, 4.69) is 32.3 Å². The minimum Gasteiger partial charge on any atom is -0.336 e. The van der Waals surface area contributed by atoms with E-state index in [9.17, 15) is 0 Å². The van der Waals surface area contributed by atoms with Gasteiger partial charge in [-0.25, -0.2) is 9.97 Å². The van der Waals surface area contributed by atoms with Crippen molar-refractivity contribution in [1.82, 2.24) is 30.1 Å². The zero-order chi connectivity index (χ0) is 19.2. The van der Waals surface area contributed by atoms with Gasteiger partial charge >= 0.3 is 0 Å². The number of nitrogens with one attached hydrogen (secondary N) is 2. The van der Waals surface area contributed by atoms with Crippen LogP contribution in [-0.2, 0) is 0 Å². The molecule has 0 radical (unpaired) electrons. The first-order chi connectivity index (χ1) is 14.4. The van der Waals surface area contributed by atoms with Gasteiger partial charge in [0.2, 0.25) is 0 Å². The second-order valence-corrected chi connectivity index (χ2v) is 7.45. The van der Waals surface area contributed by atoms with Gasteiger partial charge in [0, 0.05) is 11.8 Å². The Balaban J connectivity index is 1.53. The molecular weight excluding hydrogens is 380 g/mol. The molecule has 0 amide bonds. The van der Waals surface area contributed by atoms with E-state index in [0.29, 0.717) is 11.5 Å². The van der Waals surface area contributed by atoms with Gasteiger partial charge in [-0.15, -0.1) is 11.3 Å². The van der Waals surface area contributed by atoms with Gasteiger partial charge in [-0.1, -0.05) is 18.2 Å². The number of pyridine rings is 2. The zero-order valence-electron chi connectivity index (χ0n) is 15.0. The average Bonchev–Trinajstić information content (AvgIpc) is 3.52. The third-order valence-corrected chi connectivity index (χ3v) is 5.62. The van der Waals surface area contributed by atoms with Crippen LogP contribution in [0.4, 0.5) is 0 Å². The highest BCUT2D eigenvalue weighted by molar-refractivity contribution is 7.13. The molecule has 29 heavy (non-hydrogen) atoms. The fourth-order valence-corrected chi connectivity index (χ4v) is 4.09. The third kappa shape index (κ3) is 2.58. The maximum atomic E-state index is 4.82. The van der Waals surface area contributed by atoms with Gasteiger partial charge in [0.15, 0.2) is 11.5 Å². The molecule has 5 aromatic heterocycles. The normalized spacial score (nSPS) is 11.2. The molecule has 1 aromatic carbocycles. The average molecular weight is 392 g/mol. The Hall–Kier alpha value is -4.02. The lowest BCUT2D eigenvalue weighted by molar-refractivity contribution is 1.10. The number of hydrogen-bond acceptors (Lipinski definition) is 5. The Labute approximate surface area is 169 Å². The molecule has 0 atom stereocenters. The summed E-state index contributed by atoms with van der Waals surface area (Å²) in [4.78, 5) is 18.6. The number of rotatable bonds is 3. The smallest absolute Gasteiger partial charge is 0.161 e. The van der Waals surface area contributed by atoms with Crippen molar-refractivity contribution >= 4 is 33.4 Å². The van der Waals surface area contributed by atoms with E-state index in [1.54, 1.807) is 17.5 Å². The van der Waals surface area contributed by atoms with Crippen LogP contribution in [0.5, 0.6) is 0 Å². The number of aromatic amines is 2. The quantitative estimate of drug-likeness (QED) is 0.449. The number of H-pyrrole nitrogens is 2. The van der Waals surface area contributed by atoms with E-state index in [1.807, 2.05) is 53.9 Å². The fourth-order valence-electron chi connectivity index (χ4n) is 3.37. The number of aromatic nitrogens is 6. The molecule has 6 aromatic rings. The van der Waals surface area contributed by atoms with E-state index in [-0.39, 0.29) is 0 Å². The molecular formula is C22H12N6S. The number of nitrogens with zero attached hydrogens (tertiary/aromatic N) is 4. The van der Waals surface area contributed by atoms with Crippen LogP contribution in [0.25, 0.3) is 55.4 Å². The number of thiophene rings is 1. The van der Waals surface area contributed by atoms with Crippen molar-refractivity contribution in [3.05, 3.63) is 72.2 Å². The Morgan fingerprint density at radius 2 is 1.86 bits per heavy atom. The maximum Gasteiger partial charge on any atom is 0.161 e. The lowest BCUT2D eigenvalue weighted by atomic mass is 10.1. The molecule has 0 unspecified atom stereocenters. The van der Waals surface area contributed by atoms with Crippen molar-refractivity contribution in [3.63, 3.8) is 0 Å². The number of imidazole rings is 1. The molecule has 7 heteroatoms. The first-order valence-corrected chi connectivity index (χ1v) is 9.87. The van der Waals surface area contributed by atoms with Gasteiger partial charge < -0.3 is 4.98 Å². The summed E-state index contributed by atoms with van der Waals surface area (Å²) in [6.07, 6.45) is 1.79. The molecule has 0 bridgehead atoms. The van der Waals surface area contributed by atoms with Crippen LogP contribution in [0.1, 0.15) is 0 Å². The molecule has 5 heterocycles. The van der Waals surface area contributed by atoms with E-state index >= 15 is 0 Å². The van der Waals surface area contributed by atoms with Crippen LogP contribution in [-0.4, -0.2) is 30.1 Å². The minimum absolute atomic E-state index is 0.662. The van der Waals surface area contributed by atoms with E-state index in [1.165, 1.54) is 0 Å². The first kappa shape index (κ1) is 16.0. The highest BCUT2D eigenvalue weighted by Gasteiger charge is 2.17. The zero-order valence-corrected chi connectivity index (χ0v) is 15.8. The summed E-state index contributed by atoms with van der Waals surface area (Å²) in [5.74, 6) is 0.662. The van der Waals surface area contributed by atoms with Crippen LogP contribution < -0.4 is 0 Å². The predicted molar refractivity (Wildman–Crippen MR) is 113 cm³/mol. The summed E-state index contributed by atoms with van der Waals surface area (Å²) >= 11 is 1.64. The molecule has 136 valence electrons. The van der Waals surface area contributed by atoms with Crippen LogP contribution in [0, 0.1) is 12.1 Å². The van der Waals surface area contributed by atoms with Crippen molar-refractivity contribution in [3.8, 4) is 33.3 Å². The Morgan fingerprint density at radius 1 is 0.897 bits per heavy atom. The Morgan fingerprint density at radius 3 is 2.72 bits per heavy atom. The lowest BCUT2D eigenvalue weighted by Gasteiger charge is -1.99. The molecule has 6 rings (SSSR count). The molecule has 6 nitrogen and oxygen atoms in total. The molecule has 0 saturated carbocycles. The Bertz CT molecular complexity index is 1450. The third-order valence-electron chi connectivity index (χ3n) is 4.74. The van der Waals surface area contributed by atoms with Crippen molar-refractivity contribution in [2.75, 3.05) is 0 Å². The SMILES string of the molecule is c1ccc(-c2ccc3[nH]nc(-c4nc5c(-c6cccs6)nccc5[nH]4)c3n2)cc#1. The summed E-state index contributed by atoms with van der Waals surface area (Å²) < 4.78 is 0. The van der Waals surface area contributed by atoms with E-state index < -0.39 is 0 Å². The molecule has 0 fully saturated rings. The first-order valence-electron chi connectivity index (χ1n) is 8.99. The monoisotopic (exact) mass is 392 g/mol. The summed E-state index contributed by atoms with van der Waals surface area (Å²) in [6.45, 7) is 0. The van der Waals surface area contributed by atoms with Crippen molar-refractivity contribution in [2.24, 2.45) is 0 Å². The van der Waals surface area contributed by atoms with Crippen molar-refractivity contribution < 1.29 is 0 Å². The van der Waals surface area contributed by atoms with Crippen molar-refractivity contribution in [1.29, 1.82) is 0 Å². The molecule has 0 aliphatic carbocycles. The van der Waals surface area contributed by atoms with Crippen molar-refractivity contribution in [2.45, 2.75) is 0 Å². The van der Waals surface area contributed by atoms with Crippen LogP contribution in [0.15, 0.2) is 60.1 Å². The van der Waals surface area contributed by atoms with Crippen LogP contribution in [0.2, 0.25) is 0 Å². The fraction of sp³-hybridized carbons (Fsp3) is 0. The molecule has 0 aliphatic heterocycles. The van der Waals surface area contributed by atoms with Gasteiger partial charge in [0.05, 0.1) is 21.6 Å². The van der Waals surface area contributed by atoms with E-state index in [0.717, 1.165) is 43.9 Å². The highest BCUT2D eigenvalue weighted by Crippen LogP contribution is 2.32. The van der Waals surface area contributed by atoms with E-state index in [4.69, 9.17) is 9.97 Å². The van der Waals surface area contributed by atoms with Gasteiger partial charge in [0.25, 0.3) is 0 Å². The summed E-state index contributed by atoms with van der Waals surface area (Å²) in [7, 11) is 0. The largest absolute Gasteiger partial charge is 0.336 e. The highest BCUT2D eigenvalue weighted by atomic mass is 32.1. The molecule has 0 saturated heterocycles. The Kier molecular flexibility index (Phi) is 3.45.